The molecule has 0 unspecified atom stereocenters. The molecule has 1 fully saturated rings. The summed E-state index contributed by atoms with van der Waals surface area (Å²) in [6, 6.07) is 8.41. The van der Waals surface area contributed by atoms with Crippen LogP contribution >= 0.6 is 0 Å². The summed E-state index contributed by atoms with van der Waals surface area (Å²) in [7, 11) is 0. The van der Waals surface area contributed by atoms with E-state index < -0.39 is 35.1 Å². The zero-order valence-corrected chi connectivity index (χ0v) is 21.6. The average molecular weight is 526 g/mol. The molecule has 2 atom stereocenters. The maximum atomic E-state index is 13.6. The fraction of sp³-hybridized carbons (Fsp3) is 0.444. The van der Waals surface area contributed by atoms with Crippen LogP contribution in [0.5, 0.6) is 11.6 Å². The van der Waals surface area contributed by atoms with Gasteiger partial charge in [-0.05, 0) is 68.9 Å². The first-order valence-electron chi connectivity index (χ1n) is 12.7. The number of carboxylic acid groups (broad SMARTS) is 1. The fourth-order valence-corrected chi connectivity index (χ4v) is 4.60. The van der Waals surface area contributed by atoms with Crippen molar-refractivity contribution < 1.29 is 19.0 Å². The molecule has 1 aliphatic rings. The Hall–Kier alpha value is -4.02. The van der Waals surface area contributed by atoms with Crippen LogP contribution in [0, 0.1) is 23.6 Å². The highest BCUT2D eigenvalue weighted by Gasteiger charge is 2.26. The van der Waals surface area contributed by atoms with Crippen molar-refractivity contribution in [3.63, 3.8) is 0 Å². The average Bonchev–Trinajstić information content (AvgIpc) is 2.89. The van der Waals surface area contributed by atoms with Crippen molar-refractivity contribution in [1.29, 1.82) is 0 Å². The van der Waals surface area contributed by atoms with E-state index in [1.807, 2.05) is 0 Å². The molecule has 1 saturated carbocycles. The van der Waals surface area contributed by atoms with Crippen LogP contribution in [-0.2, 0) is 11.3 Å². The first kappa shape index (κ1) is 27.0. The standard InChI is InChI=1S/C27H32FN5O5/c1-16-4-6-19(7-5-16)15-32-25(31-26(36)33(27(32)37)18(3)17(2)24(34)35)30-21-9-11-22(12-10-21)38-23-13-8-20(28)14-29-23/h8-14,16-19H,4-7,15H2,1-3H3,(H,34,35)(H,30,31,36)/t16-,17-,18+,19-/m1/s1. The summed E-state index contributed by atoms with van der Waals surface area (Å²) < 4.78 is 21.1. The lowest BCUT2D eigenvalue weighted by atomic mass is 9.83. The minimum absolute atomic E-state index is 0.0962. The molecule has 2 aromatic heterocycles. The van der Waals surface area contributed by atoms with Gasteiger partial charge in [0.05, 0.1) is 23.8 Å². The van der Waals surface area contributed by atoms with E-state index in [-0.39, 0.29) is 17.4 Å². The zero-order chi connectivity index (χ0) is 27.4. The topological polar surface area (TPSA) is 132 Å². The predicted octanol–water partition coefficient (Wildman–Crippen LogP) is 4.00. The first-order valence-corrected chi connectivity index (χ1v) is 12.7. The van der Waals surface area contributed by atoms with Gasteiger partial charge in [0.1, 0.15) is 11.6 Å². The van der Waals surface area contributed by atoms with Gasteiger partial charge in [-0.25, -0.2) is 28.5 Å². The number of halogens is 1. The van der Waals surface area contributed by atoms with E-state index in [0.717, 1.165) is 36.4 Å². The number of H-pyrrole nitrogens is 1. The van der Waals surface area contributed by atoms with Crippen LogP contribution in [0.2, 0.25) is 0 Å². The molecule has 1 aromatic carbocycles. The van der Waals surface area contributed by atoms with E-state index in [1.165, 1.54) is 23.6 Å². The van der Waals surface area contributed by atoms with Crippen LogP contribution < -0.4 is 21.7 Å². The first-order chi connectivity index (χ1) is 18.1. The van der Waals surface area contributed by atoms with Crippen LogP contribution in [0.25, 0.3) is 0 Å². The molecule has 0 radical (unpaired) electrons. The van der Waals surface area contributed by atoms with Gasteiger partial charge in [-0.2, -0.15) is 0 Å². The van der Waals surface area contributed by atoms with E-state index in [0.29, 0.717) is 23.9 Å². The van der Waals surface area contributed by atoms with E-state index in [4.69, 9.17) is 4.74 Å². The number of rotatable bonds is 8. The number of hydrogen-bond donors (Lipinski definition) is 2. The van der Waals surface area contributed by atoms with Gasteiger partial charge >= 0.3 is 17.3 Å². The van der Waals surface area contributed by atoms with Gasteiger partial charge in [0.2, 0.25) is 11.5 Å². The molecule has 2 heterocycles. The number of aromatic amines is 1. The summed E-state index contributed by atoms with van der Waals surface area (Å²) in [6.07, 6.45) is 5.09. The largest absolute Gasteiger partial charge is 0.481 e. The summed E-state index contributed by atoms with van der Waals surface area (Å²) in [5.74, 6) is -0.947. The predicted molar refractivity (Wildman–Crippen MR) is 138 cm³/mol. The van der Waals surface area contributed by atoms with Gasteiger partial charge in [0, 0.05) is 12.6 Å². The molecule has 0 bridgehead atoms. The molecule has 10 nitrogen and oxygen atoms in total. The summed E-state index contributed by atoms with van der Waals surface area (Å²) in [5.41, 5.74) is -0.742. The Morgan fingerprint density at radius 3 is 2.45 bits per heavy atom. The van der Waals surface area contributed by atoms with E-state index in [1.54, 1.807) is 31.2 Å². The maximum Gasteiger partial charge on any atom is 0.335 e. The highest BCUT2D eigenvalue weighted by atomic mass is 19.1. The Kier molecular flexibility index (Phi) is 8.23. The van der Waals surface area contributed by atoms with Gasteiger partial charge in [-0.1, -0.05) is 19.8 Å². The molecule has 3 aromatic rings. The Bertz CT molecular complexity index is 1450. The Labute approximate surface area is 218 Å². The Morgan fingerprint density at radius 2 is 1.84 bits per heavy atom. The lowest BCUT2D eigenvalue weighted by Gasteiger charge is -2.27. The van der Waals surface area contributed by atoms with E-state index in [9.17, 15) is 23.9 Å². The summed E-state index contributed by atoms with van der Waals surface area (Å²) in [4.78, 5) is 49.2. The Morgan fingerprint density at radius 1 is 1.16 bits per heavy atom. The molecule has 2 N–H and O–H groups in total. The third-order valence-corrected chi connectivity index (χ3v) is 7.22. The van der Waals surface area contributed by atoms with Crippen molar-refractivity contribution in [2.75, 3.05) is 0 Å². The Balaban J connectivity index is 1.71. The number of benzene rings is 1. The number of nitrogens with one attached hydrogen (secondary N) is 1. The van der Waals surface area contributed by atoms with Crippen LogP contribution in [-0.4, -0.2) is 30.2 Å². The van der Waals surface area contributed by atoms with Gasteiger partial charge in [0.15, 0.2) is 0 Å². The van der Waals surface area contributed by atoms with Crippen molar-refractivity contribution in [3.05, 3.63) is 75.0 Å². The normalized spacial score (nSPS) is 19.6. The molecular weight excluding hydrogens is 493 g/mol. The van der Waals surface area contributed by atoms with Gasteiger partial charge in [-0.3, -0.25) is 14.3 Å². The van der Waals surface area contributed by atoms with Crippen LogP contribution in [0.4, 0.5) is 10.1 Å². The third-order valence-electron chi connectivity index (χ3n) is 7.22. The second kappa shape index (κ2) is 11.6. The molecule has 0 spiro atoms. The van der Waals surface area contributed by atoms with E-state index >= 15 is 0 Å². The molecule has 0 aliphatic heterocycles. The van der Waals surface area contributed by atoms with Crippen LogP contribution in [0.15, 0.2) is 57.2 Å². The smallest absolute Gasteiger partial charge is 0.335 e. The minimum atomic E-state index is -1.09. The maximum absolute atomic E-state index is 13.6. The third kappa shape index (κ3) is 6.27. The monoisotopic (exact) mass is 525 g/mol. The molecule has 38 heavy (non-hydrogen) atoms. The van der Waals surface area contributed by atoms with Crippen LogP contribution in [0.3, 0.4) is 0 Å². The number of aliphatic carboxylic acids is 1. The second-order valence-corrected chi connectivity index (χ2v) is 10.0. The molecule has 11 heteroatoms. The molecule has 0 amide bonds. The van der Waals surface area contributed by atoms with E-state index in [2.05, 4.69) is 21.9 Å². The lowest BCUT2D eigenvalue weighted by molar-refractivity contribution is -0.142. The molecule has 1 aliphatic carbocycles. The van der Waals surface area contributed by atoms with Crippen molar-refractivity contribution in [2.24, 2.45) is 22.7 Å². The number of ether oxygens (including phenoxy) is 1. The number of nitrogens with zero attached hydrogens (tertiary/aromatic N) is 4. The lowest BCUT2D eigenvalue weighted by Crippen LogP contribution is -2.52. The number of hydrogen-bond acceptors (Lipinski definition) is 6. The summed E-state index contributed by atoms with van der Waals surface area (Å²) in [5, 5.41) is 9.44. The van der Waals surface area contributed by atoms with Gasteiger partial charge < -0.3 is 9.84 Å². The highest BCUT2D eigenvalue weighted by Crippen LogP contribution is 2.29. The summed E-state index contributed by atoms with van der Waals surface area (Å²) in [6.45, 7) is 5.60. The number of carbonyl (C=O) groups is 1. The van der Waals surface area contributed by atoms with Gasteiger partial charge in [0.25, 0.3) is 0 Å². The number of carboxylic acids is 1. The van der Waals surface area contributed by atoms with Crippen molar-refractivity contribution in [3.8, 4) is 11.6 Å². The minimum Gasteiger partial charge on any atom is -0.481 e. The van der Waals surface area contributed by atoms with Crippen LogP contribution in [0.1, 0.15) is 52.5 Å². The van der Waals surface area contributed by atoms with Crippen molar-refractivity contribution in [1.82, 2.24) is 19.1 Å². The zero-order valence-electron chi connectivity index (χ0n) is 21.6. The highest BCUT2D eigenvalue weighted by molar-refractivity contribution is 5.70. The summed E-state index contributed by atoms with van der Waals surface area (Å²) >= 11 is 0. The molecular formula is C27H32FN5O5. The molecule has 0 saturated heterocycles. The fourth-order valence-electron chi connectivity index (χ4n) is 4.60. The molecule has 4 rings (SSSR count). The van der Waals surface area contributed by atoms with Crippen molar-refractivity contribution in [2.45, 2.75) is 59.0 Å². The quantitative estimate of drug-likeness (QED) is 0.457. The number of aromatic nitrogens is 4. The second-order valence-electron chi connectivity index (χ2n) is 10.0. The molecule has 202 valence electrons. The van der Waals surface area contributed by atoms with Gasteiger partial charge in [-0.15, -0.1) is 0 Å². The number of pyridine rings is 1. The SMILES string of the molecule is C[C@@H](C(=O)O)[C@H](C)n1c(=O)[nH]/c(=N\c2ccc(Oc3ccc(F)cn3)cc2)n(C[C@H]2CC[C@H](C)CC2)c1=O. The van der Waals surface area contributed by atoms with Crippen molar-refractivity contribution >= 4 is 11.7 Å².